The van der Waals surface area contributed by atoms with Crippen LogP contribution in [0.2, 0.25) is 0 Å². The molecule has 19 heavy (non-hydrogen) atoms. The molecule has 0 bridgehead atoms. The number of nitrogens with one attached hydrogen (secondary N) is 1. The van der Waals surface area contributed by atoms with Crippen molar-refractivity contribution in [2.24, 2.45) is 11.7 Å². The standard InChI is InChI=1S/C15H23IN2O/c1-10(2)8-15(4,9-17)18-14(19)12-7-11(3)5-6-13(12)16/h5-7,10H,8-9,17H2,1-4H3,(H,18,19). The third-order valence-corrected chi connectivity index (χ3v) is 4.03. The zero-order chi connectivity index (χ0) is 14.6. The SMILES string of the molecule is Cc1ccc(I)c(C(=O)NC(C)(CN)CC(C)C)c1. The molecule has 106 valence electrons. The van der Waals surface area contributed by atoms with E-state index in [1.54, 1.807) is 0 Å². The van der Waals surface area contributed by atoms with Crippen molar-refractivity contribution >= 4 is 28.5 Å². The number of aryl methyl sites for hydroxylation is 1. The van der Waals surface area contributed by atoms with Gasteiger partial charge in [-0.25, -0.2) is 0 Å². The van der Waals surface area contributed by atoms with Gasteiger partial charge >= 0.3 is 0 Å². The van der Waals surface area contributed by atoms with E-state index in [1.807, 2.05) is 32.0 Å². The summed E-state index contributed by atoms with van der Waals surface area (Å²) in [6.07, 6.45) is 0.873. The number of hydrogen-bond acceptors (Lipinski definition) is 2. The van der Waals surface area contributed by atoms with E-state index in [0.29, 0.717) is 12.5 Å². The maximum absolute atomic E-state index is 12.4. The van der Waals surface area contributed by atoms with Gasteiger partial charge in [0.2, 0.25) is 0 Å². The van der Waals surface area contributed by atoms with E-state index in [0.717, 1.165) is 21.1 Å². The molecule has 0 aliphatic heterocycles. The van der Waals surface area contributed by atoms with Crippen molar-refractivity contribution in [3.8, 4) is 0 Å². The Labute approximate surface area is 129 Å². The molecule has 1 rings (SSSR count). The summed E-state index contributed by atoms with van der Waals surface area (Å²) in [6.45, 7) is 8.71. The van der Waals surface area contributed by atoms with Crippen LogP contribution < -0.4 is 11.1 Å². The third-order valence-electron chi connectivity index (χ3n) is 3.09. The average molecular weight is 374 g/mol. The van der Waals surface area contributed by atoms with Gasteiger partial charge < -0.3 is 11.1 Å². The smallest absolute Gasteiger partial charge is 0.252 e. The van der Waals surface area contributed by atoms with Crippen molar-refractivity contribution in [2.75, 3.05) is 6.54 Å². The van der Waals surface area contributed by atoms with Crippen molar-refractivity contribution in [3.63, 3.8) is 0 Å². The molecule has 1 atom stereocenters. The van der Waals surface area contributed by atoms with Crippen LogP contribution in [0.1, 0.15) is 43.1 Å². The molecule has 3 nitrogen and oxygen atoms in total. The predicted octanol–water partition coefficient (Wildman–Crippen LogP) is 3.09. The van der Waals surface area contributed by atoms with Crippen molar-refractivity contribution in [3.05, 3.63) is 32.9 Å². The normalized spacial score (nSPS) is 14.3. The summed E-state index contributed by atoms with van der Waals surface area (Å²) < 4.78 is 0.963. The highest BCUT2D eigenvalue weighted by molar-refractivity contribution is 14.1. The van der Waals surface area contributed by atoms with Crippen LogP contribution in [0.25, 0.3) is 0 Å². The lowest BCUT2D eigenvalue weighted by Crippen LogP contribution is -2.52. The summed E-state index contributed by atoms with van der Waals surface area (Å²) in [5.41, 5.74) is 7.30. The van der Waals surface area contributed by atoms with E-state index in [9.17, 15) is 4.79 Å². The van der Waals surface area contributed by atoms with Gasteiger partial charge in [0.15, 0.2) is 0 Å². The van der Waals surface area contributed by atoms with Gasteiger partial charge in [-0.05, 0) is 60.9 Å². The minimum absolute atomic E-state index is 0.0401. The maximum atomic E-state index is 12.4. The van der Waals surface area contributed by atoms with E-state index >= 15 is 0 Å². The lowest BCUT2D eigenvalue weighted by molar-refractivity contribution is 0.0897. The number of rotatable bonds is 5. The first kappa shape index (κ1) is 16.4. The molecule has 0 saturated carbocycles. The zero-order valence-electron chi connectivity index (χ0n) is 12.1. The number of halogens is 1. The van der Waals surface area contributed by atoms with Gasteiger partial charge in [-0.15, -0.1) is 0 Å². The Morgan fingerprint density at radius 3 is 2.63 bits per heavy atom. The van der Waals surface area contributed by atoms with E-state index in [1.165, 1.54) is 0 Å². The second kappa shape index (κ2) is 6.70. The van der Waals surface area contributed by atoms with Crippen molar-refractivity contribution < 1.29 is 4.79 Å². The summed E-state index contributed by atoms with van der Waals surface area (Å²) in [4.78, 5) is 12.4. The quantitative estimate of drug-likeness (QED) is 0.779. The summed E-state index contributed by atoms with van der Waals surface area (Å²) in [5, 5.41) is 3.09. The average Bonchev–Trinajstić information content (AvgIpc) is 2.31. The highest BCUT2D eigenvalue weighted by atomic mass is 127. The molecule has 0 aliphatic rings. The Morgan fingerprint density at radius 1 is 1.47 bits per heavy atom. The number of benzene rings is 1. The summed E-state index contributed by atoms with van der Waals surface area (Å²) in [6, 6.07) is 5.89. The monoisotopic (exact) mass is 374 g/mol. The fourth-order valence-corrected chi connectivity index (χ4v) is 2.82. The van der Waals surface area contributed by atoms with Crippen LogP contribution in [0, 0.1) is 16.4 Å². The van der Waals surface area contributed by atoms with Gasteiger partial charge in [0, 0.05) is 15.7 Å². The lowest BCUT2D eigenvalue weighted by Gasteiger charge is -2.31. The van der Waals surface area contributed by atoms with E-state index in [2.05, 4.69) is 41.8 Å². The number of carbonyl (C=O) groups excluding carboxylic acids is 1. The number of carbonyl (C=O) groups is 1. The van der Waals surface area contributed by atoms with Gasteiger partial charge in [-0.2, -0.15) is 0 Å². The van der Waals surface area contributed by atoms with Crippen LogP contribution in [0.4, 0.5) is 0 Å². The Bertz CT molecular complexity index is 459. The molecule has 0 fully saturated rings. The van der Waals surface area contributed by atoms with Crippen LogP contribution in [-0.4, -0.2) is 18.0 Å². The van der Waals surface area contributed by atoms with Crippen LogP contribution in [-0.2, 0) is 0 Å². The third kappa shape index (κ3) is 4.76. The van der Waals surface area contributed by atoms with Gasteiger partial charge in [-0.3, -0.25) is 4.79 Å². The second-order valence-corrected chi connectivity index (χ2v) is 6.96. The molecule has 0 radical (unpaired) electrons. The molecule has 0 spiro atoms. The Morgan fingerprint density at radius 2 is 2.11 bits per heavy atom. The molecule has 0 aromatic heterocycles. The first-order valence-corrected chi connectivity index (χ1v) is 7.64. The molecule has 0 saturated heterocycles. The molecule has 1 aromatic carbocycles. The summed E-state index contributed by atoms with van der Waals surface area (Å²) in [7, 11) is 0. The van der Waals surface area contributed by atoms with Crippen molar-refractivity contribution in [1.29, 1.82) is 0 Å². The van der Waals surface area contributed by atoms with Crippen LogP contribution >= 0.6 is 22.6 Å². The van der Waals surface area contributed by atoms with Crippen molar-refractivity contribution in [2.45, 2.75) is 39.7 Å². The van der Waals surface area contributed by atoms with Gasteiger partial charge in [0.05, 0.1) is 5.56 Å². The Balaban J connectivity index is 2.91. The highest BCUT2D eigenvalue weighted by Gasteiger charge is 2.26. The molecule has 0 aliphatic carbocycles. The van der Waals surface area contributed by atoms with Gasteiger partial charge in [0.25, 0.3) is 5.91 Å². The Kier molecular flexibility index (Phi) is 5.80. The van der Waals surface area contributed by atoms with Crippen LogP contribution in [0.3, 0.4) is 0 Å². The van der Waals surface area contributed by atoms with Crippen LogP contribution in [0.5, 0.6) is 0 Å². The predicted molar refractivity (Wildman–Crippen MR) is 88.3 cm³/mol. The summed E-state index contributed by atoms with van der Waals surface area (Å²) in [5.74, 6) is 0.451. The molecule has 1 aromatic rings. The molecule has 4 heteroatoms. The molecular weight excluding hydrogens is 351 g/mol. The first-order valence-electron chi connectivity index (χ1n) is 6.56. The second-order valence-electron chi connectivity index (χ2n) is 5.80. The fraction of sp³-hybridized carbons (Fsp3) is 0.533. The largest absolute Gasteiger partial charge is 0.346 e. The van der Waals surface area contributed by atoms with Gasteiger partial charge in [0.1, 0.15) is 0 Å². The van der Waals surface area contributed by atoms with Gasteiger partial charge in [-0.1, -0.05) is 25.5 Å². The topological polar surface area (TPSA) is 55.1 Å². The molecule has 3 N–H and O–H groups in total. The maximum Gasteiger partial charge on any atom is 0.252 e. The van der Waals surface area contributed by atoms with E-state index in [-0.39, 0.29) is 11.4 Å². The first-order chi connectivity index (χ1) is 8.77. The fourth-order valence-electron chi connectivity index (χ4n) is 2.24. The number of amides is 1. The molecular formula is C15H23IN2O. The molecule has 1 unspecified atom stereocenters. The summed E-state index contributed by atoms with van der Waals surface area (Å²) >= 11 is 2.19. The highest BCUT2D eigenvalue weighted by Crippen LogP contribution is 2.19. The Hall–Kier alpha value is -0.620. The minimum atomic E-state index is -0.349. The van der Waals surface area contributed by atoms with Crippen LogP contribution in [0.15, 0.2) is 18.2 Å². The minimum Gasteiger partial charge on any atom is -0.346 e. The molecule has 1 amide bonds. The zero-order valence-corrected chi connectivity index (χ0v) is 14.2. The lowest BCUT2D eigenvalue weighted by atomic mass is 9.90. The van der Waals surface area contributed by atoms with E-state index in [4.69, 9.17) is 5.73 Å². The van der Waals surface area contributed by atoms with Crippen molar-refractivity contribution in [1.82, 2.24) is 5.32 Å². The number of nitrogens with two attached hydrogens (primary N) is 1. The molecule has 0 heterocycles. The van der Waals surface area contributed by atoms with E-state index < -0.39 is 0 Å². The number of hydrogen-bond donors (Lipinski definition) is 2.